The monoisotopic (exact) mass is 266 g/mol. The van der Waals surface area contributed by atoms with Crippen LogP contribution in [0.4, 0.5) is 11.8 Å². The Morgan fingerprint density at radius 1 is 1.47 bits per heavy atom. The van der Waals surface area contributed by atoms with Crippen molar-refractivity contribution in [2.24, 2.45) is 0 Å². The minimum Gasteiger partial charge on any atom is -0.368 e. The van der Waals surface area contributed by atoms with Gasteiger partial charge in [0.15, 0.2) is 0 Å². The number of nitrogen functional groups attached to an aromatic ring is 1. The Labute approximate surface area is 108 Å². The predicted octanol–water partition coefficient (Wildman–Crippen LogP) is 2.58. The number of nitrogens with two attached hydrogens (primary N) is 1. The van der Waals surface area contributed by atoms with E-state index >= 15 is 0 Å². The summed E-state index contributed by atoms with van der Waals surface area (Å²) in [6.45, 7) is 0.964. The minimum absolute atomic E-state index is 0.349. The van der Waals surface area contributed by atoms with E-state index in [1.807, 2.05) is 23.2 Å². The molecule has 0 aliphatic carbocycles. The summed E-state index contributed by atoms with van der Waals surface area (Å²) in [7, 11) is 0. The van der Waals surface area contributed by atoms with E-state index in [9.17, 15) is 0 Å². The highest BCUT2D eigenvalue weighted by atomic mass is 32.2. The smallest absolute Gasteiger partial charge is 0.223 e. The van der Waals surface area contributed by atoms with Gasteiger partial charge in [-0.1, -0.05) is 0 Å². The molecule has 90 valence electrons. The average molecular weight is 266 g/mol. The Kier molecular flexibility index (Phi) is 3.07. The SMILES string of the molecule is Nc1nc(NCC2CCCS2)c2ccsc2n1. The molecule has 0 amide bonds. The van der Waals surface area contributed by atoms with Crippen LogP contribution >= 0.6 is 23.1 Å². The zero-order valence-electron chi connectivity index (χ0n) is 9.35. The van der Waals surface area contributed by atoms with Gasteiger partial charge in [0.2, 0.25) is 5.95 Å². The van der Waals surface area contributed by atoms with Gasteiger partial charge < -0.3 is 11.1 Å². The number of thiophene rings is 1. The van der Waals surface area contributed by atoms with E-state index in [4.69, 9.17) is 5.73 Å². The zero-order chi connectivity index (χ0) is 11.7. The van der Waals surface area contributed by atoms with Gasteiger partial charge in [0.05, 0.1) is 5.39 Å². The lowest BCUT2D eigenvalue weighted by Crippen LogP contribution is -2.15. The predicted molar refractivity (Wildman–Crippen MR) is 75.8 cm³/mol. The van der Waals surface area contributed by atoms with Crippen molar-refractivity contribution in [1.82, 2.24) is 9.97 Å². The highest BCUT2D eigenvalue weighted by molar-refractivity contribution is 8.00. The topological polar surface area (TPSA) is 63.8 Å². The minimum atomic E-state index is 0.349. The fourth-order valence-corrected chi connectivity index (χ4v) is 3.99. The number of nitrogens with one attached hydrogen (secondary N) is 1. The molecule has 0 aromatic carbocycles. The lowest BCUT2D eigenvalue weighted by Gasteiger charge is -2.11. The van der Waals surface area contributed by atoms with Crippen LogP contribution in [0.1, 0.15) is 12.8 Å². The first-order chi connectivity index (χ1) is 8.33. The number of anilines is 2. The average Bonchev–Trinajstić information content (AvgIpc) is 2.95. The van der Waals surface area contributed by atoms with Gasteiger partial charge in [-0.3, -0.25) is 0 Å². The molecular weight excluding hydrogens is 252 g/mol. The Balaban J connectivity index is 1.81. The number of hydrogen-bond acceptors (Lipinski definition) is 6. The van der Waals surface area contributed by atoms with Crippen molar-refractivity contribution in [1.29, 1.82) is 0 Å². The molecule has 1 saturated heterocycles. The third-order valence-corrected chi connectivity index (χ3v) is 5.07. The summed E-state index contributed by atoms with van der Waals surface area (Å²) in [4.78, 5) is 9.46. The van der Waals surface area contributed by atoms with E-state index in [-0.39, 0.29) is 0 Å². The number of fused-ring (bicyclic) bond motifs is 1. The summed E-state index contributed by atoms with van der Waals surface area (Å²) in [6, 6.07) is 2.05. The Bertz CT molecular complexity index is 519. The van der Waals surface area contributed by atoms with Crippen LogP contribution in [0.3, 0.4) is 0 Å². The molecule has 0 radical (unpaired) electrons. The lowest BCUT2D eigenvalue weighted by molar-refractivity contribution is 0.804. The fraction of sp³-hybridized carbons (Fsp3) is 0.455. The normalized spacial score (nSPS) is 19.9. The third-order valence-electron chi connectivity index (χ3n) is 2.86. The lowest BCUT2D eigenvalue weighted by atomic mass is 10.2. The van der Waals surface area contributed by atoms with Gasteiger partial charge in [0.1, 0.15) is 10.6 Å². The van der Waals surface area contributed by atoms with Crippen LogP contribution < -0.4 is 11.1 Å². The van der Waals surface area contributed by atoms with Gasteiger partial charge in [-0.25, -0.2) is 4.98 Å². The second-order valence-electron chi connectivity index (χ2n) is 4.09. The first-order valence-corrected chi connectivity index (χ1v) is 7.62. The molecule has 0 bridgehead atoms. The van der Waals surface area contributed by atoms with Gasteiger partial charge in [-0.2, -0.15) is 16.7 Å². The molecule has 1 aliphatic heterocycles. The molecule has 1 unspecified atom stereocenters. The molecular formula is C11H14N4S2. The van der Waals surface area contributed by atoms with Crippen molar-refractivity contribution in [2.45, 2.75) is 18.1 Å². The molecule has 1 atom stereocenters. The molecule has 3 heterocycles. The third kappa shape index (κ3) is 2.32. The van der Waals surface area contributed by atoms with E-state index in [2.05, 4.69) is 15.3 Å². The summed E-state index contributed by atoms with van der Waals surface area (Å²) < 4.78 is 0. The standard InChI is InChI=1S/C11H14N4S2/c12-11-14-9(8-3-5-17-10(8)15-11)13-6-7-2-1-4-16-7/h3,5,7H,1-2,4,6H2,(H3,12,13,14,15). The van der Waals surface area contributed by atoms with Crippen molar-refractivity contribution in [3.05, 3.63) is 11.4 Å². The van der Waals surface area contributed by atoms with Crippen LogP contribution in [0.15, 0.2) is 11.4 Å². The first-order valence-electron chi connectivity index (χ1n) is 5.69. The number of rotatable bonds is 3. The van der Waals surface area contributed by atoms with Crippen molar-refractivity contribution < 1.29 is 0 Å². The molecule has 0 saturated carbocycles. The molecule has 17 heavy (non-hydrogen) atoms. The molecule has 0 spiro atoms. The van der Waals surface area contributed by atoms with Gasteiger partial charge in [0.25, 0.3) is 0 Å². The summed E-state index contributed by atoms with van der Waals surface area (Å²) >= 11 is 3.64. The van der Waals surface area contributed by atoms with Crippen LogP contribution in [-0.4, -0.2) is 27.5 Å². The van der Waals surface area contributed by atoms with Crippen LogP contribution in [0.25, 0.3) is 10.2 Å². The molecule has 4 nitrogen and oxygen atoms in total. The van der Waals surface area contributed by atoms with E-state index < -0.39 is 0 Å². The second kappa shape index (κ2) is 4.70. The summed E-state index contributed by atoms with van der Waals surface area (Å²) in [5, 5.41) is 7.22. The van der Waals surface area contributed by atoms with Crippen LogP contribution in [-0.2, 0) is 0 Å². The van der Waals surface area contributed by atoms with Crippen molar-refractivity contribution in [3.63, 3.8) is 0 Å². The zero-order valence-corrected chi connectivity index (χ0v) is 11.0. The highest BCUT2D eigenvalue weighted by Gasteiger charge is 2.16. The van der Waals surface area contributed by atoms with Crippen molar-refractivity contribution in [3.8, 4) is 0 Å². The van der Waals surface area contributed by atoms with Crippen LogP contribution in [0.2, 0.25) is 0 Å². The highest BCUT2D eigenvalue weighted by Crippen LogP contribution is 2.29. The Morgan fingerprint density at radius 2 is 2.41 bits per heavy atom. The maximum Gasteiger partial charge on any atom is 0.223 e. The van der Waals surface area contributed by atoms with E-state index in [0.29, 0.717) is 11.2 Å². The Hall–Kier alpha value is -1.01. The van der Waals surface area contributed by atoms with Gasteiger partial charge in [0, 0.05) is 11.8 Å². The van der Waals surface area contributed by atoms with Crippen molar-refractivity contribution >= 4 is 45.1 Å². The number of nitrogens with zero attached hydrogens (tertiary/aromatic N) is 2. The summed E-state index contributed by atoms with van der Waals surface area (Å²) in [6.07, 6.45) is 2.63. The number of hydrogen-bond donors (Lipinski definition) is 2. The van der Waals surface area contributed by atoms with E-state index in [1.165, 1.54) is 18.6 Å². The molecule has 2 aromatic heterocycles. The summed E-state index contributed by atoms with van der Waals surface area (Å²) in [5.41, 5.74) is 5.71. The maximum atomic E-state index is 5.71. The van der Waals surface area contributed by atoms with Crippen molar-refractivity contribution in [2.75, 3.05) is 23.3 Å². The summed E-state index contributed by atoms with van der Waals surface area (Å²) in [5.74, 6) is 2.51. The fourth-order valence-electron chi connectivity index (χ4n) is 2.02. The second-order valence-corrected chi connectivity index (χ2v) is 6.39. The van der Waals surface area contributed by atoms with E-state index in [1.54, 1.807) is 11.3 Å². The maximum absolute atomic E-state index is 5.71. The quantitative estimate of drug-likeness (QED) is 0.894. The van der Waals surface area contributed by atoms with Gasteiger partial charge in [-0.15, -0.1) is 11.3 Å². The first kappa shape index (κ1) is 11.1. The van der Waals surface area contributed by atoms with Gasteiger partial charge in [-0.05, 0) is 30.0 Å². The van der Waals surface area contributed by atoms with E-state index in [0.717, 1.165) is 22.6 Å². The molecule has 3 rings (SSSR count). The van der Waals surface area contributed by atoms with Crippen LogP contribution in [0, 0.1) is 0 Å². The number of thioether (sulfide) groups is 1. The van der Waals surface area contributed by atoms with Gasteiger partial charge >= 0.3 is 0 Å². The number of aromatic nitrogens is 2. The molecule has 2 aromatic rings. The molecule has 1 fully saturated rings. The van der Waals surface area contributed by atoms with Crippen LogP contribution in [0.5, 0.6) is 0 Å². The molecule has 1 aliphatic rings. The largest absolute Gasteiger partial charge is 0.368 e. The molecule has 6 heteroatoms. The molecule has 3 N–H and O–H groups in total. The Morgan fingerprint density at radius 3 is 3.24 bits per heavy atom.